The molecule has 1 aromatic carbocycles. The van der Waals surface area contributed by atoms with Crippen LogP contribution in [0.15, 0.2) is 30.3 Å². The van der Waals surface area contributed by atoms with E-state index in [-0.39, 0.29) is 5.60 Å². The number of rotatable bonds is 4. The zero-order valence-corrected chi connectivity index (χ0v) is 22.2. The number of ether oxygens (including phenoxy) is 1. The Balaban J connectivity index is 1.24. The molecule has 2 saturated heterocycles. The highest BCUT2D eigenvalue weighted by Gasteiger charge is 2.50. The summed E-state index contributed by atoms with van der Waals surface area (Å²) in [5.41, 5.74) is 9.13. The standard InChI is InChI=1S/C31H41N3O/c1-19(2)29-27-17-24(6-7-28(27)33-30(29)25-14-20(3)32-21(4)15-25)23-8-12-34(13-9-23)26-16-22(5)35-31(18-26)10-11-31/h6-7,14-15,17,19,22-23,26,33H,8-13,16,18H2,1-5H3. The van der Waals surface area contributed by atoms with Gasteiger partial charge in [0.2, 0.25) is 0 Å². The number of piperidine rings is 1. The molecular weight excluding hydrogens is 430 g/mol. The molecule has 3 aromatic rings. The molecule has 1 N–H and O–H groups in total. The summed E-state index contributed by atoms with van der Waals surface area (Å²) in [7, 11) is 0. The number of hydrogen-bond donors (Lipinski definition) is 1. The Bertz CT molecular complexity index is 1210. The zero-order chi connectivity index (χ0) is 24.3. The van der Waals surface area contributed by atoms with Crippen LogP contribution in [0.2, 0.25) is 0 Å². The fraction of sp³-hybridized carbons (Fsp3) is 0.581. The van der Waals surface area contributed by atoms with Crippen LogP contribution in [0.3, 0.4) is 0 Å². The maximum absolute atomic E-state index is 6.28. The van der Waals surface area contributed by atoms with Crippen molar-refractivity contribution in [3.63, 3.8) is 0 Å². The topological polar surface area (TPSA) is 41.2 Å². The number of aromatic amines is 1. The normalized spacial score (nSPS) is 25.1. The third-order valence-electron chi connectivity index (χ3n) is 8.80. The number of likely N-dealkylation sites (tertiary alicyclic amines) is 1. The van der Waals surface area contributed by atoms with Gasteiger partial charge in [0, 0.05) is 33.9 Å². The highest BCUT2D eigenvalue weighted by molar-refractivity contribution is 5.92. The van der Waals surface area contributed by atoms with Crippen LogP contribution in [0.25, 0.3) is 22.2 Å². The maximum atomic E-state index is 6.28. The van der Waals surface area contributed by atoms with Crippen molar-refractivity contribution in [2.75, 3.05) is 13.1 Å². The molecule has 3 fully saturated rings. The van der Waals surface area contributed by atoms with Crippen LogP contribution in [0, 0.1) is 13.8 Å². The van der Waals surface area contributed by atoms with Crippen LogP contribution in [-0.4, -0.2) is 45.7 Å². The minimum absolute atomic E-state index is 0.245. The SMILES string of the molecule is Cc1cc(-c2[nH]c3ccc(C4CCN(C5CC(C)OC6(CC6)C5)CC4)cc3c2C(C)C)cc(C)n1. The molecule has 1 spiro atoms. The number of nitrogens with zero attached hydrogens (tertiary/aromatic N) is 2. The first kappa shape index (κ1) is 23.2. The molecule has 2 atom stereocenters. The van der Waals surface area contributed by atoms with Gasteiger partial charge in [0.15, 0.2) is 0 Å². The molecule has 4 heteroatoms. The Morgan fingerprint density at radius 2 is 1.77 bits per heavy atom. The fourth-order valence-corrected chi connectivity index (χ4v) is 7.05. The van der Waals surface area contributed by atoms with Crippen molar-refractivity contribution < 1.29 is 4.74 Å². The van der Waals surface area contributed by atoms with Crippen molar-refractivity contribution in [2.24, 2.45) is 0 Å². The molecule has 2 aromatic heterocycles. The lowest BCUT2D eigenvalue weighted by Gasteiger charge is -2.43. The lowest BCUT2D eigenvalue weighted by atomic mass is 9.86. The fourth-order valence-electron chi connectivity index (χ4n) is 7.05. The summed E-state index contributed by atoms with van der Waals surface area (Å²) < 4.78 is 6.28. The Morgan fingerprint density at radius 1 is 1.06 bits per heavy atom. The molecule has 6 rings (SSSR count). The number of nitrogens with one attached hydrogen (secondary N) is 1. The molecule has 186 valence electrons. The second-order valence-corrected chi connectivity index (χ2v) is 12.0. The van der Waals surface area contributed by atoms with E-state index in [4.69, 9.17) is 4.74 Å². The molecule has 1 aliphatic carbocycles. The summed E-state index contributed by atoms with van der Waals surface area (Å²) in [5.74, 6) is 1.11. The summed E-state index contributed by atoms with van der Waals surface area (Å²) in [5, 5.41) is 1.40. The first-order chi connectivity index (χ1) is 16.8. The molecular formula is C31H41N3O. The van der Waals surface area contributed by atoms with E-state index in [2.05, 4.69) is 79.8 Å². The molecule has 4 nitrogen and oxygen atoms in total. The van der Waals surface area contributed by atoms with Gasteiger partial charge in [-0.1, -0.05) is 19.9 Å². The average Bonchev–Trinajstić information content (AvgIpc) is 3.42. The van der Waals surface area contributed by atoms with E-state index in [1.807, 2.05) is 0 Å². The van der Waals surface area contributed by atoms with Crippen LogP contribution >= 0.6 is 0 Å². The van der Waals surface area contributed by atoms with Gasteiger partial charge < -0.3 is 14.6 Å². The minimum Gasteiger partial charge on any atom is -0.372 e. The quantitative estimate of drug-likeness (QED) is 0.436. The number of H-pyrrole nitrogens is 1. The van der Waals surface area contributed by atoms with Crippen LogP contribution in [0.5, 0.6) is 0 Å². The Hall–Kier alpha value is -2.17. The molecule has 4 heterocycles. The first-order valence-electron chi connectivity index (χ1n) is 13.8. The molecule has 2 aliphatic heterocycles. The molecule has 1 saturated carbocycles. The van der Waals surface area contributed by atoms with Gasteiger partial charge in [0.25, 0.3) is 0 Å². The number of fused-ring (bicyclic) bond motifs is 1. The van der Waals surface area contributed by atoms with Crippen molar-refractivity contribution in [3.8, 4) is 11.3 Å². The Morgan fingerprint density at radius 3 is 2.43 bits per heavy atom. The Kier molecular flexibility index (Phi) is 5.80. The summed E-state index contributed by atoms with van der Waals surface area (Å²) >= 11 is 0. The number of benzene rings is 1. The average molecular weight is 472 g/mol. The third kappa shape index (κ3) is 4.44. The van der Waals surface area contributed by atoms with E-state index in [1.165, 1.54) is 84.9 Å². The maximum Gasteiger partial charge on any atom is 0.0703 e. The largest absolute Gasteiger partial charge is 0.372 e. The van der Waals surface area contributed by atoms with Crippen LogP contribution < -0.4 is 0 Å². The lowest BCUT2D eigenvalue weighted by Crippen LogP contribution is -2.48. The predicted octanol–water partition coefficient (Wildman–Crippen LogP) is 7.25. The summed E-state index contributed by atoms with van der Waals surface area (Å²) in [6.45, 7) is 13.5. The zero-order valence-electron chi connectivity index (χ0n) is 22.2. The second-order valence-electron chi connectivity index (χ2n) is 12.0. The summed E-state index contributed by atoms with van der Waals surface area (Å²) in [4.78, 5) is 11.1. The van der Waals surface area contributed by atoms with E-state index in [0.29, 0.717) is 17.9 Å². The van der Waals surface area contributed by atoms with E-state index in [9.17, 15) is 0 Å². The molecule has 0 radical (unpaired) electrons. The Labute approximate surface area is 210 Å². The van der Waals surface area contributed by atoms with E-state index < -0.39 is 0 Å². The van der Waals surface area contributed by atoms with Gasteiger partial charge in [-0.25, -0.2) is 0 Å². The highest BCUT2D eigenvalue weighted by atomic mass is 16.5. The highest BCUT2D eigenvalue weighted by Crippen LogP contribution is 2.49. The van der Waals surface area contributed by atoms with Crippen LogP contribution in [0.4, 0.5) is 0 Å². The number of pyridine rings is 1. The lowest BCUT2D eigenvalue weighted by molar-refractivity contribution is -0.0922. The van der Waals surface area contributed by atoms with Gasteiger partial charge in [0.05, 0.1) is 17.4 Å². The molecule has 0 bridgehead atoms. The van der Waals surface area contributed by atoms with Gasteiger partial charge in [0.1, 0.15) is 0 Å². The first-order valence-corrected chi connectivity index (χ1v) is 13.8. The van der Waals surface area contributed by atoms with Crippen LogP contribution in [0.1, 0.15) is 93.6 Å². The van der Waals surface area contributed by atoms with E-state index in [0.717, 1.165) is 17.4 Å². The van der Waals surface area contributed by atoms with Gasteiger partial charge in [-0.3, -0.25) is 4.98 Å². The molecule has 35 heavy (non-hydrogen) atoms. The summed E-state index contributed by atoms with van der Waals surface area (Å²) in [6.07, 6.45) is 7.96. The molecule has 0 amide bonds. The van der Waals surface area contributed by atoms with Crippen molar-refractivity contribution >= 4 is 10.9 Å². The van der Waals surface area contributed by atoms with Crippen molar-refractivity contribution in [3.05, 3.63) is 52.8 Å². The van der Waals surface area contributed by atoms with Crippen molar-refractivity contribution in [1.82, 2.24) is 14.9 Å². The van der Waals surface area contributed by atoms with Gasteiger partial charge in [-0.05, 0) is 120 Å². The second kappa shape index (κ2) is 8.74. The van der Waals surface area contributed by atoms with Gasteiger partial charge in [-0.2, -0.15) is 0 Å². The summed E-state index contributed by atoms with van der Waals surface area (Å²) in [6, 6.07) is 12.3. The number of hydrogen-bond acceptors (Lipinski definition) is 3. The van der Waals surface area contributed by atoms with Crippen molar-refractivity contribution in [1.29, 1.82) is 0 Å². The number of aromatic nitrogens is 2. The predicted molar refractivity (Wildman–Crippen MR) is 144 cm³/mol. The van der Waals surface area contributed by atoms with E-state index >= 15 is 0 Å². The monoisotopic (exact) mass is 471 g/mol. The smallest absolute Gasteiger partial charge is 0.0703 e. The number of aryl methyl sites for hydroxylation is 2. The van der Waals surface area contributed by atoms with Crippen LogP contribution in [-0.2, 0) is 4.74 Å². The van der Waals surface area contributed by atoms with Crippen molar-refractivity contribution in [2.45, 2.75) is 103 Å². The van der Waals surface area contributed by atoms with Gasteiger partial charge in [-0.15, -0.1) is 0 Å². The third-order valence-corrected chi connectivity index (χ3v) is 8.80. The van der Waals surface area contributed by atoms with E-state index in [1.54, 1.807) is 0 Å². The minimum atomic E-state index is 0.245. The van der Waals surface area contributed by atoms with Gasteiger partial charge >= 0.3 is 0 Å². The molecule has 2 unspecified atom stereocenters. The molecule has 3 aliphatic rings.